The molecule has 0 radical (unpaired) electrons. The Morgan fingerprint density at radius 2 is 1.77 bits per heavy atom. The van der Waals surface area contributed by atoms with Crippen molar-refractivity contribution in [3.05, 3.63) is 28.2 Å². The second kappa shape index (κ2) is 9.32. The van der Waals surface area contributed by atoms with Crippen LogP contribution in [0.1, 0.15) is 12.8 Å². The molecule has 124 valence electrons. The fraction of sp³-hybridized carbons (Fsp3) is 0.462. The Morgan fingerprint density at radius 3 is 2.36 bits per heavy atom. The van der Waals surface area contributed by atoms with E-state index < -0.39 is 10.0 Å². The predicted molar refractivity (Wildman–Crippen MR) is 87.8 cm³/mol. The van der Waals surface area contributed by atoms with E-state index in [9.17, 15) is 13.2 Å². The second-order valence-electron chi connectivity index (χ2n) is 4.51. The van der Waals surface area contributed by atoms with Crippen molar-refractivity contribution in [2.45, 2.75) is 17.7 Å². The summed E-state index contributed by atoms with van der Waals surface area (Å²) in [6.45, 7) is 1.32. The largest absolute Gasteiger partial charge is 0.356 e. The maximum Gasteiger partial charge on any atom is 0.243 e. The Balaban J connectivity index is 2.48. The van der Waals surface area contributed by atoms with Crippen LogP contribution in [0.2, 0.25) is 10.0 Å². The van der Waals surface area contributed by atoms with Crippen LogP contribution in [-0.4, -0.2) is 41.0 Å². The first kappa shape index (κ1) is 19.2. The highest BCUT2D eigenvalue weighted by Crippen LogP contribution is 2.28. The average Bonchev–Trinajstić information content (AvgIpc) is 2.43. The molecule has 0 bridgehead atoms. The van der Waals surface area contributed by atoms with Crippen LogP contribution in [0.15, 0.2) is 23.1 Å². The molecule has 1 aromatic carbocycles. The van der Waals surface area contributed by atoms with Crippen molar-refractivity contribution < 1.29 is 13.2 Å². The molecule has 1 rings (SSSR count). The van der Waals surface area contributed by atoms with Gasteiger partial charge in [0.1, 0.15) is 4.90 Å². The van der Waals surface area contributed by atoms with Crippen molar-refractivity contribution >= 4 is 39.1 Å². The van der Waals surface area contributed by atoms with Crippen molar-refractivity contribution in [1.82, 2.24) is 15.4 Å². The van der Waals surface area contributed by atoms with Gasteiger partial charge in [0, 0.05) is 19.5 Å². The molecule has 0 aromatic heterocycles. The van der Waals surface area contributed by atoms with E-state index >= 15 is 0 Å². The highest BCUT2D eigenvalue weighted by molar-refractivity contribution is 7.89. The van der Waals surface area contributed by atoms with Gasteiger partial charge in [-0.3, -0.25) is 4.79 Å². The van der Waals surface area contributed by atoms with Crippen molar-refractivity contribution in [2.75, 3.05) is 26.7 Å². The van der Waals surface area contributed by atoms with Gasteiger partial charge in [0.05, 0.1) is 10.0 Å². The third-order valence-electron chi connectivity index (χ3n) is 2.76. The SMILES string of the molecule is CNCCCNC(=O)CCNS(=O)(=O)c1c(Cl)cccc1Cl. The first-order chi connectivity index (χ1) is 10.4. The fourth-order valence-corrected chi connectivity index (χ4v) is 3.86. The Labute approximate surface area is 140 Å². The molecule has 1 aromatic rings. The first-order valence-electron chi connectivity index (χ1n) is 6.73. The monoisotopic (exact) mass is 367 g/mol. The topological polar surface area (TPSA) is 87.3 Å². The van der Waals surface area contributed by atoms with E-state index in [2.05, 4.69) is 15.4 Å². The minimum atomic E-state index is -3.85. The minimum Gasteiger partial charge on any atom is -0.356 e. The summed E-state index contributed by atoms with van der Waals surface area (Å²) in [7, 11) is -2.02. The summed E-state index contributed by atoms with van der Waals surface area (Å²) in [6, 6.07) is 4.44. The molecule has 0 fully saturated rings. The third kappa shape index (κ3) is 6.10. The van der Waals surface area contributed by atoms with Crippen LogP contribution in [0.3, 0.4) is 0 Å². The lowest BCUT2D eigenvalue weighted by molar-refractivity contribution is -0.120. The summed E-state index contributed by atoms with van der Waals surface area (Å²) in [5, 5.41) is 5.74. The summed E-state index contributed by atoms with van der Waals surface area (Å²) >= 11 is 11.7. The van der Waals surface area contributed by atoms with E-state index in [0.29, 0.717) is 6.54 Å². The summed E-state index contributed by atoms with van der Waals surface area (Å²) in [5.74, 6) is -0.218. The molecular formula is C13H19Cl2N3O3S. The molecule has 0 spiro atoms. The Bertz CT molecular complexity index is 588. The number of benzene rings is 1. The van der Waals surface area contributed by atoms with Gasteiger partial charge in [-0.25, -0.2) is 13.1 Å². The maximum atomic E-state index is 12.1. The van der Waals surface area contributed by atoms with E-state index in [1.165, 1.54) is 12.1 Å². The van der Waals surface area contributed by atoms with Crippen molar-refractivity contribution in [1.29, 1.82) is 0 Å². The van der Waals surface area contributed by atoms with Gasteiger partial charge in [-0.1, -0.05) is 29.3 Å². The van der Waals surface area contributed by atoms with Crippen LogP contribution in [0.25, 0.3) is 0 Å². The average molecular weight is 368 g/mol. The van der Waals surface area contributed by atoms with Crippen LogP contribution in [0.4, 0.5) is 0 Å². The molecule has 0 aliphatic heterocycles. The number of carbonyl (C=O) groups is 1. The highest BCUT2D eigenvalue weighted by atomic mass is 35.5. The van der Waals surface area contributed by atoms with Gasteiger partial charge in [-0.2, -0.15) is 0 Å². The smallest absolute Gasteiger partial charge is 0.243 e. The van der Waals surface area contributed by atoms with Crippen LogP contribution in [-0.2, 0) is 14.8 Å². The van der Waals surface area contributed by atoms with E-state index in [1.54, 1.807) is 6.07 Å². The van der Waals surface area contributed by atoms with Crippen LogP contribution in [0, 0.1) is 0 Å². The van der Waals surface area contributed by atoms with Gasteiger partial charge >= 0.3 is 0 Å². The van der Waals surface area contributed by atoms with Gasteiger partial charge in [0.15, 0.2) is 0 Å². The fourth-order valence-electron chi connectivity index (χ4n) is 1.69. The number of amides is 1. The van der Waals surface area contributed by atoms with E-state index in [-0.39, 0.29) is 33.8 Å². The summed E-state index contributed by atoms with van der Waals surface area (Å²) in [6.07, 6.45) is 0.851. The Morgan fingerprint density at radius 1 is 1.14 bits per heavy atom. The molecular weight excluding hydrogens is 349 g/mol. The van der Waals surface area contributed by atoms with Crippen molar-refractivity contribution in [3.8, 4) is 0 Å². The molecule has 0 unspecified atom stereocenters. The first-order valence-corrected chi connectivity index (χ1v) is 8.97. The summed E-state index contributed by atoms with van der Waals surface area (Å²) < 4.78 is 26.6. The number of hydrogen-bond acceptors (Lipinski definition) is 4. The standard InChI is InChI=1S/C13H19Cl2N3O3S/c1-16-7-3-8-17-12(19)6-9-18-22(20,21)13-10(14)4-2-5-11(13)15/h2,4-5,16,18H,3,6-9H2,1H3,(H,17,19). The Hall–Kier alpha value is -0.860. The molecule has 9 heteroatoms. The quantitative estimate of drug-likeness (QED) is 0.575. The van der Waals surface area contributed by atoms with Crippen LogP contribution < -0.4 is 15.4 Å². The Kier molecular flexibility index (Phi) is 8.13. The molecule has 22 heavy (non-hydrogen) atoms. The zero-order chi connectivity index (χ0) is 16.6. The van der Waals surface area contributed by atoms with Gasteiger partial charge in [-0.05, 0) is 32.1 Å². The van der Waals surface area contributed by atoms with Crippen molar-refractivity contribution in [3.63, 3.8) is 0 Å². The molecule has 0 saturated heterocycles. The maximum absolute atomic E-state index is 12.1. The molecule has 0 aliphatic carbocycles. The van der Waals surface area contributed by atoms with Crippen LogP contribution in [0.5, 0.6) is 0 Å². The lowest BCUT2D eigenvalue weighted by Crippen LogP contribution is -2.32. The number of rotatable bonds is 9. The molecule has 0 heterocycles. The van der Waals surface area contributed by atoms with Gasteiger partial charge in [0.2, 0.25) is 15.9 Å². The molecule has 0 saturated carbocycles. The van der Waals surface area contributed by atoms with Gasteiger partial charge < -0.3 is 10.6 Å². The zero-order valence-corrected chi connectivity index (χ0v) is 14.5. The molecule has 3 N–H and O–H groups in total. The van der Waals surface area contributed by atoms with E-state index in [4.69, 9.17) is 23.2 Å². The second-order valence-corrected chi connectivity index (χ2v) is 7.02. The molecule has 1 amide bonds. The number of nitrogens with one attached hydrogen (secondary N) is 3. The number of carbonyl (C=O) groups excluding carboxylic acids is 1. The number of sulfonamides is 1. The lowest BCUT2D eigenvalue weighted by Gasteiger charge is -2.10. The lowest BCUT2D eigenvalue weighted by atomic mass is 10.3. The number of hydrogen-bond donors (Lipinski definition) is 3. The molecule has 0 aliphatic rings. The molecule has 6 nitrogen and oxygen atoms in total. The molecule has 0 atom stereocenters. The summed E-state index contributed by atoms with van der Waals surface area (Å²) in [4.78, 5) is 11.4. The van der Waals surface area contributed by atoms with Gasteiger partial charge in [0.25, 0.3) is 0 Å². The predicted octanol–water partition coefficient (Wildman–Crippen LogP) is 1.39. The summed E-state index contributed by atoms with van der Waals surface area (Å²) in [5.41, 5.74) is 0. The number of halogens is 2. The van der Waals surface area contributed by atoms with Gasteiger partial charge in [-0.15, -0.1) is 0 Å². The highest BCUT2D eigenvalue weighted by Gasteiger charge is 2.21. The van der Waals surface area contributed by atoms with Crippen molar-refractivity contribution in [2.24, 2.45) is 0 Å². The normalized spacial score (nSPS) is 11.4. The third-order valence-corrected chi connectivity index (χ3v) is 5.17. The van der Waals surface area contributed by atoms with E-state index in [1.807, 2.05) is 7.05 Å². The zero-order valence-electron chi connectivity index (χ0n) is 12.2. The van der Waals surface area contributed by atoms with E-state index in [0.717, 1.165) is 13.0 Å². The minimum absolute atomic E-state index is 0.0260. The van der Waals surface area contributed by atoms with Crippen LogP contribution >= 0.6 is 23.2 Å².